The third kappa shape index (κ3) is 2.27. The van der Waals surface area contributed by atoms with Gasteiger partial charge in [0.15, 0.2) is 0 Å². The van der Waals surface area contributed by atoms with Gasteiger partial charge in [-0.2, -0.15) is 0 Å². The maximum atomic E-state index is 11.6. The molecule has 0 saturated heterocycles. The molecule has 6 heteroatoms. The summed E-state index contributed by atoms with van der Waals surface area (Å²) in [7, 11) is 0. The standard InChI is InChI=1S/C10H13N3O3/c14-4-6-1-7(2-6)13-10(16)8-3-9(15)12-5-11-8/h3,5-7,14H,1-2,4H2,(H,13,16)(H,11,12,15). The van der Waals surface area contributed by atoms with Crippen molar-refractivity contribution in [1.29, 1.82) is 0 Å². The number of nitrogens with one attached hydrogen (secondary N) is 2. The summed E-state index contributed by atoms with van der Waals surface area (Å²) in [6.45, 7) is 0.162. The Morgan fingerprint density at radius 1 is 1.62 bits per heavy atom. The highest BCUT2D eigenvalue weighted by Crippen LogP contribution is 2.26. The second kappa shape index (κ2) is 4.44. The number of carbonyl (C=O) groups excluding carboxylic acids is 1. The molecule has 0 spiro atoms. The molecule has 1 heterocycles. The predicted molar refractivity (Wildman–Crippen MR) is 55.9 cm³/mol. The first-order chi connectivity index (χ1) is 7.69. The van der Waals surface area contributed by atoms with Gasteiger partial charge in [-0.15, -0.1) is 0 Å². The van der Waals surface area contributed by atoms with Gasteiger partial charge >= 0.3 is 0 Å². The lowest BCUT2D eigenvalue weighted by atomic mass is 9.81. The average Bonchev–Trinajstić information content (AvgIpc) is 2.22. The van der Waals surface area contributed by atoms with Gasteiger partial charge in [-0.05, 0) is 18.8 Å². The number of amides is 1. The van der Waals surface area contributed by atoms with Crippen LogP contribution in [0.15, 0.2) is 17.2 Å². The Morgan fingerprint density at radius 3 is 3.00 bits per heavy atom. The Kier molecular flexibility index (Phi) is 3.00. The molecule has 1 aromatic heterocycles. The highest BCUT2D eigenvalue weighted by molar-refractivity contribution is 5.92. The lowest BCUT2D eigenvalue weighted by molar-refractivity contribution is 0.0827. The molecule has 0 bridgehead atoms. The largest absolute Gasteiger partial charge is 0.396 e. The number of carbonyl (C=O) groups is 1. The van der Waals surface area contributed by atoms with E-state index in [-0.39, 0.29) is 35.7 Å². The van der Waals surface area contributed by atoms with Crippen LogP contribution in [0.4, 0.5) is 0 Å². The Balaban J connectivity index is 1.92. The van der Waals surface area contributed by atoms with E-state index in [1.807, 2.05) is 0 Å². The lowest BCUT2D eigenvalue weighted by Gasteiger charge is -2.34. The van der Waals surface area contributed by atoms with Gasteiger partial charge in [0.05, 0.1) is 6.33 Å². The fraction of sp³-hybridized carbons (Fsp3) is 0.500. The number of aliphatic hydroxyl groups is 1. The van der Waals surface area contributed by atoms with Crippen molar-refractivity contribution >= 4 is 5.91 Å². The first-order valence-corrected chi connectivity index (χ1v) is 5.15. The molecule has 3 N–H and O–H groups in total. The second-order valence-electron chi connectivity index (χ2n) is 3.99. The SMILES string of the molecule is O=C(NC1CC(CO)C1)c1cc(=O)[nH]cn1. The van der Waals surface area contributed by atoms with E-state index in [1.165, 1.54) is 6.33 Å². The fourth-order valence-electron chi connectivity index (χ4n) is 1.75. The summed E-state index contributed by atoms with van der Waals surface area (Å²) in [6.07, 6.45) is 2.77. The molecule has 0 radical (unpaired) electrons. The van der Waals surface area contributed by atoms with Gasteiger partial charge in [0.2, 0.25) is 0 Å². The topological polar surface area (TPSA) is 95.1 Å². The molecule has 0 unspecified atom stereocenters. The molecule has 6 nitrogen and oxygen atoms in total. The van der Waals surface area contributed by atoms with Crippen molar-refractivity contribution in [2.75, 3.05) is 6.61 Å². The molecule has 1 aromatic rings. The third-order valence-corrected chi connectivity index (χ3v) is 2.74. The Morgan fingerprint density at radius 2 is 2.38 bits per heavy atom. The molecule has 1 aliphatic carbocycles. The van der Waals surface area contributed by atoms with Crippen molar-refractivity contribution in [2.45, 2.75) is 18.9 Å². The quantitative estimate of drug-likeness (QED) is 0.629. The number of hydrogen-bond donors (Lipinski definition) is 3. The van der Waals surface area contributed by atoms with Crippen LogP contribution in [0.25, 0.3) is 0 Å². The van der Waals surface area contributed by atoms with E-state index < -0.39 is 0 Å². The second-order valence-corrected chi connectivity index (χ2v) is 3.99. The number of nitrogens with zero attached hydrogens (tertiary/aromatic N) is 1. The Hall–Kier alpha value is -1.69. The molecule has 2 rings (SSSR count). The van der Waals surface area contributed by atoms with Crippen molar-refractivity contribution in [3.05, 3.63) is 28.4 Å². The third-order valence-electron chi connectivity index (χ3n) is 2.74. The Labute approximate surface area is 91.7 Å². The van der Waals surface area contributed by atoms with E-state index in [0.29, 0.717) is 0 Å². The van der Waals surface area contributed by atoms with Crippen molar-refractivity contribution in [2.24, 2.45) is 5.92 Å². The number of H-pyrrole nitrogens is 1. The molecular formula is C10H13N3O3. The van der Waals surface area contributed by atoms with E-state index in [0.717, 1.165) is 18.9 Å². The molecule has 86 valence electrons. The fourth-order valence-corrected chi connectivity index (χ4v) is 1.75. The van der Waals surface area contributed by atoms with Crippen LogP contribution in [0, 0.1) is 5.92 Å². The van der Waals surface area contributed by atoms with Crippen LogP contribution in [0.2, 0.25) is 0 Å². The summed E-state index contributed by atoms with van der Waals surface area (Å²) < 4.78 is 0. The zero-order valence-electron chi connectivity index (χ0n) is 8.64. The number of aromatic nitrogens is 2. The molecule has 1 saturated carbocycles. The molecule has 16 heavy (non-hydrogen) atoms. The minimum absolute atomic E-state index is 0.0886. The van der Waals surface area contributed by atoms with Gasteiger partial charge in [-0.25, -0.2) is 4.98 Å². The number of aromatic amines is 1. The summed E-state index contributed by atoms with van der Waals surface area (Å²) in [5.41, 5.74) is -0.224. The van der Waals surface area contributed by atoms with Gasteiger partial charge in [-0.3, -0.25) is 9.59 Å². The lowest BCUT2D eigenvalue weighted by Crippen LogP contribution is -2.45. The highest BCUT2D eigenvalue weighted by atomic mass is 16.3. The van der Waals surface area contributed by atoms with E-state index in [1.54, 1.807) is 0 Å². The van der Waals surface area contributed by atoms with E-state index in [2.05, 4.69) is 15.3 Å². The zero-order chi connectivity index (χ0) is 11.5. The maximum absolute atomic E-state index is 11.6. The summed E-state index contributed by atoms with van der Waals surface area (Å²) in [4.78, 5) is 28.7. The molecular weight excluding hydrogens is 210 g/mol. The van der Waals surface area contributed by atoms with Crippen molar-refractivity contribution in [3.63, 3.8) is 0 Å². The smallest absolute Gasteiger partial charge is 0.270 e. The van der Waals surface area contributed by atoms with Gasteiger partial charge in [0.1, 0.15) is 5.69 Å². The van der Waals surface area contributed by atoms with Crippen molar-refractivity contribution in [3.8, 4) is 0 Å². The van der Waals surface area contributed by atoms with Crippen LogP contribution >= 0.6 is 0 Å². The van der Waals surface area contributed by atoms with Crippen LogP contribution in [-0.2, 0) is 0 Å². The van der Waals surface area contributed by atoms with Gasteiger partial charge in [0.25, 0.3) is 11.5 Å². The molecule has 1 amide bonds. The van der Waals surface area contributed by atoms with Crippen LogP contribution in [-0.4, -0.2) is 33.6 Å². The van der Waals surface area contributed by atoms with Crippen LogP contribution in [0.5, 0.6) is 0 Å². The molecule has 0 aliphatic heterocycles. The van der Waals surface area contributed by atoms with Gasteiger partial charge in [0, 0.05) is 18.7 Å². The van der Waals surface area contributed by atoms with Crippen molar-refractivity contribution in [1.82, 2.24) is 15.3 Å². The predicted octanol–water partition coefficient (Wildman–Crippen LogP) is -0.729. The summed E-state index contributed by atoms with van der Waals surface area (Å²) in [6, 6.07) is 1.25. The summed E-state index contributed by atoms with van der Waals surface area (Å²) in [5, 5.41) is 11.6. The van der Waals surface area contributed by atoms with Crippen molar-refractivity contribution < 1.29 is 9.90 Å². The molecule has 0 aromatic carbocycles. The van der Waals surface area contributed by atoms with Crippen LogP contribution in [0.3, 0.4) is 0 Å². The number of aliphatic hydroxyl groups excluding tert-OH is 1. The first-order valence-electron chi connectivity index (χ1n) is 5.15. The van der Waals surface area contributed by atoms with Gasteiger partial charge in [-0.1, -0.05) is 0 Å². The molecule has 1 fully saturated rings. The normalized spacial score (nSPS) is 23.6. The average molecular weight is 223 g/mol. The van der Waals surface area contributed by atoms with Crippen LogP contribution < -0.4 is 10.9 Å². The van der Waals surface area contributed by atoms with Gasteiger partial charge < -0.3 is 15.4 Å². The first kappa shape index (κ1) is 10.8. The van der Waals surface area contributed by atoms with E-state index in [9.17, 15) is 9.59 Å². The van der Waals surface area contributed by atoms with E-state index >= 15 is 0 Å². The maximum Gasteiger partial charge on any atom is 0.270 e. The van der Waals surface area contributed by atoms with E-state index in [4.69, 9.17) is 5.11 Å². The summed E-state index contributed by atoms with van der Waals surface area (Å²) >= 11 is 0. The summed E-state index contributed by atoms with van der Waals surface area (Å²) in [5.74, 6) is -0.0510. The Bertz CT molecular complexity index is 437. The number of rotatable bonds is 3. The highest BCUT2D eigenvalue weighted by Gasteiger charge is 2.29. The minimum Gasteiger partial charge on any atom is -0.396 e. The molecule has 0 atom stereocenters. The monoisotopic (exact) mass is 223 g/mol. The molecule has 1 aliphatic rings. The van der Waals surface area contributed by atoms with Crippen LogP contribution in [0.1, 0.15) is 23.3 Å². The zero-order valence-corrected chi connectivity index (χ0v) is 8.64. The minimum atomic E-state index is -0.345. The number of hydrogen-bond acceptors (Lipinski definition) is 4.